The number of hydrogen-bond donors (Lipinski definition) is 0. The van der Waals surface area contributed by atoms with Crippen LogP contribution in [0.15, 0.2) is 30.7 Å². The second kappa shape index (κ2) is 5.28. The molecule has 0 aliphatic heterocycles. The number of carbonyl (C=O) groups is 1. The highest BCUT2D eigenvalue weighted by Gasteiger charge is 2.16. The van der Waals surface area contributed by atoms with Crippen LogP contribution >= 0.6 is 0 Å². The van der Waals surface area contributed by atoms with Crippen molar-refractivity contribution in [2.24, 2.45) is 0 Å². The Kier molecular flexibility index (Phi) is 3.31. The largest absolute Gasteiger partial charge is 0.462 e. The summed E-state index contributed by atoms with van der Waals surface area (Å²) >= 11 is 0. The van der Waals surface area contributed by atoms with Crippen molar-refractivity contribution < 1.29 is 9.53 Å². The van der Waals surface area contributed by atoms with Crippen LogP contribution in [0.25, 0.3) is 17.2 Å². The third kappa shape index (κ3) is 2.33. The Hall–Kier alpha value is -2.83. The SMILES string of the molecule is CCOC(=O)c1cnc2nc(-c3cccnc3)nn2c1C. The minimum absolute atomic E-state index is 0.314. The highest BCUT2D eigenvalue weighted by Crippen LogP contribution is 2.16. The maximum absolute atomic E-state index is 11.9. The quantitative estimate of drug-likeness (QED) is 0.680. The maximum atomic E-state index is 11.9. The van der Waals surface area contributed by atoms with Crippen molar-refractivity contribution in [2.45, 2.75) is 13.8 Å². The molecule has 3 heterocycles. The van der Waals surface area contributed by atoms with Crippen LogP contribution in [0.5, 0.6) is 0 Å². The number of rotatable bonds is 3. The first-order valence-corrected chi connectivity index (χ1v) is 6.50. The number of aromatic nitrogens is 5. The van der Waals surface area contributed by atoms with Crippen LogP contribution in [-0.4, -0.2) is 37.1 Å². The molecular weight excluding hydrogens is 270 g/mol. The molecule has 106 valence electrons. The molecule has 0 N–H and O–H groups in total. The summed E-state index contributed by atoms with van der Waals surface area (Å²) in [5.41, 5.74) is 1.81. The van der Waals surface area contributed by atoms with E-state index in [1.165, 1.54) is 10.7 Å². The normalized spacial score (nSPS) is 10.8. The van der Waals surface area contributed by atoms with E-state index >= 15 is 0 Å². The third-order valence-electron chi connectivity index (χ3n) is 3.02. The molecule has 0 unspecified atom stereocenters. The monoisotopic (exact) mass is 283 g/mol. The van der Waals surface area contributed by atoms with Crippen molar-refractivity contribution in [1.29, 1.82) is 0 Å². The van der Waals surface area contributed by atoms with E-state index in [1.54, 1.807) is 26.2 Å². The van der Waals surface area contributed by atoms with Gasteiger partial charge in [-0.1, -0.05) is 0 Å². The van der Waals surface area contributed by atoms with Gasteiger partial charge in [-0.05, 0) is 26.0 Å². The van der Waals surface area contributed by atoms with Crippen molar-refractivity contribution in [3.8, 4) is 11.4 Å². The number of fused-ring (bicyclic) bond motifs is 1. The van der Waals surface area contributed by atoms with Crippen molar-refractivity contribution >= 4 is 11.7 Å². The van der Waals surface area contributed by atoms with Gasteiger partial charge in [0.1, 0.15) is 0 Å². The zero-order valence-corrected chi connectivity index (χ0v) is 11.6. The van der Waals surface area contributed by atoms with E-state index in [-0.39, 0.29) is 0 Å². The first kappa shape index (κ1) is 13.2. The Bertz CT molecular complexity index is 798. The molecule has 0 spiro atoms. The topological polar surface area (TPSA) is 82.3 Å². The van der Waals surface area contributed by atoms with E-state index in [9.17, 15) is 4.79 Å². The minimum Gasteiger partial charge on any atom is -0.462 e. The number of aryl methyl sites for hydroxylation is 1. The van der Waals surface area contributed by atoms with E-state index in [0.29, 0.717) is 29.5 Å². The predicted molar refractivity (Wildman–Crippen MR) is 74.7 cm³/mol. The summed E-state index contributed by atoms with van der Waals surface area (Å²) in [6, 6.07) is 3.68. The molecule has 7 nitrogen and oxygen atoms in total. The lowest BCUT2D eigenvalue weighted by Crippen LogP contribution is -2.11. The lowest BCUT2D eigenvalue weighted by atomic mass is 10.2. The van der Waals surface area contributed by atoms with Gasteiger partial charge in [0, 0.05) is 24.2 Å². The van der Waals surface area contributed by atoms with E-state index in [0.717, 1.165) is 5.56 Å². The predicted octanol–water partition coefficient (Wildman–Crippen LogP) is 1.67. The molecule has 21 heavy (non-hydrogen) atoms. The molecule has 3 aromatic heterocycles. The Morgan fingerprint density at radius 1 is 1.38 bits per heavy atom. The van der Waals surface area contributed by atoms with Gasteiger partial charge in [0.25, 0.3) is 5.78 Å². The molecule has 0 aliphatic rings. The molecule has 0 radical (unpaired) electrons. The number of carbonyl (C=O) groups excluding carboxylic acids is 1. The van der Waals surface area contributed by atoms with Crippen LogP contribution in [0.4, 0.5) is 0 Å². The molecule has 3 aromatic rings. The van der Waals surface area contributed by atoms with E-state index in [1.807, 2.05) is 12.1 Å². The van der Waals surface area contributed by atoms with Gasteiger partial charge in [0.15, 0.2) is 5.82 Å². The molecule has 0 aromatic carbocycles. The first-order valence-electron chi connectivity index (χ1n) is 6.50. The van der Waals surface area contributed by atoms with Crippen LogP contribution in [0.2, 0.25) is 0 Å². The highest BCUT2D eigenvalue weighted by molar-refractivity contribution is 5.90. The summed E-state index contributed by atoms with van der Waals surface area (Å²) in [6.07, 6.45) is 4.82. The summed E-state index contributed by atoms with van der Waals surface area (Å²) in [6.45, 7) is 3.85. The summed E-state index contributed by atoms with van der Waals surface area (Å²) in [7, 11) is 0. The fraction of sp³-hybridized carbons (Fsp3) is 0.214. The van der Waals surface area contributed by atoms with Gasteiger partial charge in [-0.25, -0.2) is 14.3 Å². The summed E-state index contributed by atoms with van der Waals surface area (Å²) in [4.78, 5) is 24.4. The maximum Gasteiger partial charge on any atom is 0.341 e. The van der Waals surface area contributed by atoms with Crippen molar-refractivity contribution in [1.82, 2.24) is 24.6 Å². The van der Waals surface area contributed by atoms with Crippen LogP contribution < -0.4 is 0 Å². The number of ether oxygens (including phenoxy) is 1. The smallest absolute Gasteiger partial charge is 0.341 e. The average Bonchev–Trinajstić information content (AvgIpc) is 2.94. The summed E-state index contributed by atoms with van der Waals surface area (Å²) in [5.74, 6) is 0.530. The van der Waals surface area contributed by atoms with E-state index in [2.05, 4.69) is 20.1 Å². The fourth-order valence-electron chi connectivity index (χ4n) is 1.97. The molecule has 0 aliphatic carbocycles. The van der Waals surface area contributed by atoms with Crippen LogP contribution in [0.3, 0.4) is 0 Å². The second-order valence-corrected chi connectivity index (χ2v) is 4.37. The zero-order chi connectivity index (χ0) is 14.8. The molecule has 7 heteroatoms. The average molecular weight is 283 g/mol. The van der Waals surface area contributed by atoms with Crippen molar-refractivity contribution in [3.63, 3.8) is 0 Å². The number of esters is 1. The standard InChI is InChI=1S/C14H13N5O2/c1-3-21-13(20)11-8-16-14-17-12(18-19(14)9(11)2)10-5-4-6-15-7-10/h4-8H,3H2,1-2H3. The van der Waals surface area contributed by atoms with Gasteiger partial charge in [0.05, 0.1) is 17.9 Å². The zero-order valence-electron chi connectivity index (χ0n) is 11.6. The van der Waals surface area contributed by atoms with Gasteiger partial charge < -0.3 is 4.74 Å². The van der Waals surface area contributed by atoms with Crippen LogP contribution in [-0.2, 0) is 4.74 Å². The van der Waals surface area contributed by atoms with Crippen molar-refractivity contribution in [3.05, 3.63) is 42.0 Å². The van der Waals surface area contributed by atoms with E-state index < -0.39 is 5.97 Å². The molecular formula is C14H13N5O2. The molecule has 0 atom stereocenters. The Labute approximate surface area is 120 Å². The van der Waals surface area contributed by atoms with Crippen LogP contribution in [0, 0.1) is 6.92 Å². The number of pyridine rings is 1. The van der Waals surface area contributed by atoms with Crippen molar-refractivity contribution in [2.75, 3.05) is 6.61 Å². The highest BCUT2D eigenvalue weighted by atomic mass is 16.5. The Morgan fingerprint density at radius 3 is 2.95 bits per heavy atom. The molecule has 0 amide bonds. The Balaban J connectivity index is 2.10. The lowest BCUT2D eigenvalue weighted by molar-refractivity contribution is 0.0524. The fourth-order valence-corrected chi connectivity index (χ4v) is 1.97. The van der Waals surface area contributed by atoms with Gasteiger partial charge in [-0.15, -0.1) is 5.10 Å². The molecule has 0 saturated heterocycles. The molecule has 0 saturated carbocycles. The number of nitrogens with zero attached hydrogens (tertiary/aromatic N) is 5. The van der Waals surface area contributed by atoms with Gasteiger partial charge in [-0.3, -0.25) is 4.98 Å². The first-order chi connectivity index (χ1) is 10.2. The third-order valence-corrected chi connectivity index (χ3v) is 3.02. The Morgan fingerprint density at radius 2 is 2.24 bits per heavy atom. The van der Waals surface area contributed by atoms with Gasteiger partial charge in [-0.2, -0.15) is 4.98 Å². The molecule has 0 fully saturated rings. The van der Waals surface area contributed by atoms with Crippen LogP contribution in [0.1, 0.15) is 23.0 Å². The van der Waals surface area contributed by atoms with Gasteiger partial charge in [0.2, 0.25) is 0 Å². The lowest BCUT2D eigenvalue weighted by Gasteiger charge is -2.05. The minimum atomic E-state index is -0.414. The number of hydrogen-bond acceptors (Lipinski definition) is 6. The van der Waals surface area contributed by atoms with Gasteiger partial charge >= 0.3 is 5.97 Å². The van der Waals surface area contributed by atoms with E-state index in [4.69, 9.17) is 4.74 Å². The second-order valence-electron chi connectivity index (χ2n) is 4.37. The molecule has 3 rings (SSSR count). The summed E-state index contributed by atoms with van der Waals surface area (Å²) in [5, 5.41) is 4.38. The summed E-state index contributed by atoms with van der Waals surface area (Å²) < 4.78 is 6.53. The molecule has 0 bridgehead atoms.